The lowest BCUT2D eigenvalue weighted by Crippen LogP contribution is -2.09. The SMILES string of the molecule is C=CCNc1ccc(C(=C2C=CC(=NC(C)C)C=C2)c2ccc(NC(C)C)cc2)cc1. The predicted molar refractivity (Wildman–Crippen MR) is 137 cm³/mol. The standard InChI is InChI=1S/C28H33N3/c1-6-19-29-25-13-7-22(8-14-25)28(23-9-15-26(16-10-23)30-20(2)3)24-11-17-27(18-12-24)31-21(4)5/h6-18,20-21,29-30H,1,19H2,2-5H3. The van der Waals surface area contributed by atoms with Crippen LogP contribution in [0.2, 0.25) is 0 Å². The van der Waals surface area contributed by atoms with Gasteiger partial charge in [-0.15, -0.1) is 6.58 Å². The van der Waals surface area contributed by atoms with E-state index in [9.17, 15) is 0 Å². The summed E-state index contributed by atoms with van der Waals surface area (Å²) in [5, 5.41) is 6.81. The van der Waals surface area contributed by atoms with Crippen LogP contribution in [-0.4, -0.2) is 24.3 Å². The van der Waals surface area contributed by atoms with Crippen LogP contribution in [0.15, 0.2) is 96.1 Å². The van der Waals surface area contributed by atoms with E-state index in [0.717, 1.165) is 23.6 Å². The number of anilines is 2. The molecule has 0 atom stereocenters. The molecule has 0 aromatic heterocycles. The van der Waals surface area contributed by atoms with Crippen molar-refractivity contribution in [1.29, 1.82) is 0 Å². The van der Waals surface area contributed by atoms with Gasteiger partial charge in [-0.3, -0.25) is 4.99 Å². The first-order valence-electron chi connectivity index (χ1n) is 11.0. The molecule has 2 N–H and O–H groups in total. The fourth-order valence-corrected chi connectivity index (χ4v) is 3.52. The molecule has 0 heterocycles. The third-order valence-corrected chi connectivity index (χ3v) is 4.82. The number of nitrogens with zero attached hydrogens (tertiary/aromatic N) is 1. The van der Waals surface area contributed by atoms with Crippen LogP contribution >= 0.6 is 0 Å². The molecule has 0 unspecified atom stereocenters. The number of nitrogens with one attached hydrogen (secondary N) is 2. The summed E-state index contributed by atoms with van der Waals surface area (Å²) in [5.41, 5.74) is 8.00. The molecule has 0 fully saturated rings. The highest BCUT2D eigenvalue weighted by molar-refractivity contribution is 6.07. The van der Waals surface area contributed by atoms with Crippen LogP contribution < -0.4 is 10.6 Å². The van der Waals surface area contributed by atoms with Crippen LogP contribution in [0.4, 0.5) is 11.4 Å². The number of hydrogen-bond acceptors (Lipinski definition) is 3. The average molecular weight is 412 g/mol. The Hall–Kier alpha value is -3.33. The Morgan fingerprint density at radius 3 is 1.87 bits per heavy atom. The molecule has 3 nitrogen and oxygen atoms in total. The van der Waals surface area contributed by atoms with Gasteiger partial charge in [0.1, 0.15) is 0 Å². The van der Waals surface area contributed by atoms with Gasteiger partial charge in [-0.05, 0) is 86.4 Å². The van der Waals surface area contributed by atoms with Crippen LogP contribution in [0.25, 0.3) is 5.57 Å². The fraction of sp³-hybridized carbons (Fsp3) is 0.250. The van der Waals surface area contributed by atoms with E-state index in [4.69, 9.17) is 0 Å². The van der Waals surface area contributed by atoms with E-state index in [1.54, 1.807) is 0 Å². The molecule has 1 aliphatic rings. The van der Waals surface area contributed by atoms with Gasteiger partial charge in [0, 0.05) is 30.0 Å². The Labute approximate surface area is 187 Å². The first-order chi connectivity index (χ1) is 15.0. The second kappa shape index (κ2) is 10.6. The van der Waals surface area contributed by atoms with E-state index in [0.29, 0.717) is 6.04 Å². The van der Waals surface area contributed by atoms with Crippen LogP contribution in [0.5, 0.6) is 0 Å². The molecule has 0 bridgehead atoms. The third-order valence-electron chi connectivity index (χ3n) is 4.82. The Balaban J connectivity index is 2.01. The van der Waals surface area contributed by atoms with Crippen molar-refractivity contribution < 1.29 is 0 Å². The average Bonchev–Trinajstić information content (AvgIpc) is 2.75. The number of aliphatic imine (C=N–C) groups is 1. The monoisotopic (exact) mass is 411 g/mol. The molecule has 3 heteroatoms. The first kappa shape index (κ1) is 22.4. The van der Waals surface area contributed by atoms with Crippen molar-refractivity contribution >= 4 is 22.7 Å². The van der Waals surface area contributed by atoms with Crippen molar-refractivity contribution in [3.8, 4) is 0 Å². The van der Waals surface area contributed by atoms with E-state index in [-0.39, 0.29) is 6.04 Å². The summed E-state index contributed by atoms with van der Waals surface area (Å²) in [6, 6.07) is 18.0. The van der Waals surface area contributed by atoms with Gasteiger partial charge in [-0.2, -0.15) is 0 Å². The normalized spacial score (nSPS) is 13.0. The number of hydrogen-bond donors (Lipinski definition) is 2. The minimum atomic E-state index is 0.283. The second-order valence-electron chi connectivity index (χ2n) is 8.27. The molecule has 31 heavy (non-hydrogen) atoms. The van der Waals surface area contributed by atoms with Crippen LogP contribution in [0.1, 0.15) is 38.8 Å². The Bertz CT molecular complexity index is 983. The minimum Gasteiger partial charge on any atom is -0.383 e. The van der Waals surface area contributed by atoms with Gasteiger partial charge in [0.15, 0.2) is 0 Å². The van der Waals surface area contributed by atoms with E-state index in [1.807, 2.05) is 6.08 Å². The number of allylic oxidation sites excluding steroid dienone is 5. The maximum absolute atomic E-state index is 4.65. The first-order valence-corrected chi connectivity index (χ1v) is 11.0. The van der Waals surface area contributed by atoms with Crippen molar-refractivity contribution in [3.63, 3.8) is 0 Å². The lowest BCUT2D eigenvalue weighted by atomic mass is 9.90. The second-order valence-corrected chi connectivity index (χ2v) is 8.27. The number of benzene rings is 2. The van der Waals surface area contributed by atoms with Gasteiger partial charge in [0.2, 0.25) is 0 Å². The van der Waals surface area contributed by atoms with Crippen molar-refractivity contribution in [2.75, 3.05) is 17.2 Å². The molecule has 0 spiro atoms. The Morgan fingerprint density at radius 1 is 0.839 bits per heavy atom. The molecule has 0 saturated heterocycles. The topological polar surface area (TPSA) is 36.4 Å². The van der Waals surface area contributed by atoms with E-state index in [1.165, 1.54) is 22.3 Å². The summed E-state index contributed by atoms with van der Waals surface area (Å²) in [6.45, 7) is 13.0. The summed E-state index contributed by atoms with van der Waals surface area (Å²) in [5.74, 6) is 0. The van der Waals surface area contributed by atoms with Gasteiger partial charge < -0.3 is 10.6 Å². The van der Waals surface area contributed by atoms with Gasteiger partial charge in [-0.1, -0.05) is 42.5 Å². The molecule has 2 aromatic rings. The predicted octanol–water partition coefficient (Wildman–Crippen LogP) is 6.88. The molecule has 1 aliphatic carbocycles. The highest BCUT2D eigenvalue weighted by Crippen LogP contribution is 2.31. The maximum atomic E-state index is 4.65. The van der Waals surface area contributed by atoms with Crippen LogP contribution in [-0.2, 0) is 0 Å². The van der Waals surface area contributed by atoms with Gasteiger partial charge >= 0.3 is 0 Å². The molecular formula is C28H33N3. The highest BCUT2D eigenvalue weighted by Gasteiger charge is 2.12. The molecular weight excluding hydrogens is 378 g/mol. The lowest BCUT2D eigenvalue weighted by Gasteiger charge is -2.16. The van der Waals surface area contributed by atoms with E-state index in [2.05, 4.69) is 123 Å². The summed E-state index contributed by atoms with van der Waals surface area (Å²) >= 11 is 0. The third kappa shape index (κ3) is 6.32. The smallest absolute Gasteiger partial charge is 0.0577 e. The Morgan fingerprint density at radius 2 is 1.39 bits per heavy atom. The zero-order valence-corrected chi connectivity index (χ0v) is 19.0. The molecule has 0 amide bonds. The maximum Gasteiger partial charge on any atom is 0.0577 e. The van der Waals surface area contributed by atoms with Crippen molar-refractivity contribution in [2.24, 2.45) is 4.99 Å². The molecule has 160 valence electrons. The lowest BCUT2D eigenvalue weighted by molar-refractivity contribution is 0.838. The Kier molecular flexibility index (Phi) is 7.66. The minimum absolute atomic E-state index is 0.283. The largest absolute Gasteiger partial charge is 0.383 e. The zero-order valence-electron chi connectivity index (χ0n) is 19.0. The van der Waals surface area contributed by atoms with Gasteiger partial charge in [0.05, 0.1) is 5.71 Å². The quantitative estimate of drug-likeness (QED) is 0.464. The fourth-order valence-electron chi connectivity index (χ4n) is 3.52. The highest BCUT2D eigenvalue weighted by atomic mass is 14.9. The molecule has 0 saturated carbocycles. The van der Waals surface area contributed by atoms with Crippen LogP contribution in [0.3, 0.4) is 0 Å². The summed E-state index contributed by atoms with van der Waals surface area (Å²) in [6.07, 6.45) is 10.4. The van der Waals surface area contributed by atoms with E-state index >= 15 is 0 Å². The molecule has 3 rings (SSSR count). The molecule has 2 aromatic carbocycles. The summed E-state index contributed by atoms with van der Waals surface area (Å²) in [7, 11) is 0. The van der Waals surface area contributed by atoms with Crippen molar-refractivity contribution in [1.82, 2.24) is 0 Å². The molecule has 0 radical (unpaired) electrons. The molecule has 0 aliphatic heterocycles. The van der Waals surface area contributed by atoms with Gasteiger partial charge in [-0.25, -0.2) is 0 Å². The van der Waals surface area contributed by atoms with Crippen molar-refractivity contribution in [2.45, 2.75) is 39.8 Å². The van der Waals surface area contributed by atoms with E-state index < -0.39 is 0 Å². The van der Waals surface area contributed by atoms with Gasteiger partial charge in [0.25, 0.3) is 0 Å². The van der Waals surface area contributed by atoms with Crippen LogP contribution in [0, 0.1) is 0 Å². The van der Waals surface area contributed by atoms with Crippen molar-refractivity contribution in [3.05, 3.63) is 102 Å². The summed E-state index contributed by atoms with van der Waals surface area (Å²) < 4.78 is 0. The number of rotatable bonds is 8. The zero-order chi connectivity index (χ0) is 22.2. The summed E-state index contributed by atoms with van der Waals surface area (Å²) in [4.78, 5) is 4.65.